The summed E-state index contributed by atoms with van der Waals surface area (Å²) in [7, 11) is 0. The van der Waals surface area contributed by atoms with Gasteiger partial charge in [-0.25, -0.2) is 4.98 Å². The third kappa shape index (κ3) is 2.66. The number of nitro groups is 1. The highest BCUT2D eigenvalue weighted by atomic mass is 32.2. The van der Waals surface area contributed by atoms with Crippen LogP contribution < -0.4 is 5.73 Å². The molecule has 7 heteroatoms. The fourth-order valence-corrected chi connectivity index (χ4v) is 3.38. The van der Waals surface area contributed by atoms with Gasteiger partial charge in [0, 0.05) is 5.25 Å². The van der Waals surface area contributed by atoms with Crippen LogP contribution in [0.5, 0.6) is 0 Å². The minimum absolute atomic E-state index is 0.00361. The molecule has 1 aliphatic rings. The lowest BCUT2D eigenvalue weighted by atomic mass is 10.4. The Bertz CT molecular complexity index is 446. The van der Waals surface area contributed by atoms with Gasteiger partial charge in [-0.15, -0.1) is 0 Å². The maximum absolute atomic E-state index is 11.0. The first-order chi connectivity index (χ1) is 8.08. The Labute approximate surface area is 103 Å². The first kappa shape index (κ1) is 12.1. The summed E-state index contributed by atoms with van der Waals surface area (Å²) >= 11 is 1.46. The Morgan fingerprint density at radius 1 is 1.41 bits per heavy atom. The van der Waals surface area contributed by atoms with Crippen LogP contribution in [0.2, 0.25) is 0 Å². The normalized spacial score (nSPS) is 16.3. The molecule has 1 aromatic rings. The van der Waals surface area contributed by atoms with Gasteiger partial charge in [-0.05, 0) is 19.8 Å². The highest BCUT2D eigenvalue weighted by molar-refractivity contribution is 8.00. The molecular formula is C10H14N4O2S. The van der Waals surface area contributed by atoms with Gasteiger partial charge in [0.25, 0.3) is 0 Å². The average molecular weight is 254 g/mol. The van der Waals surface area contributed by atoms with Gasteiger partial charge in [-0.2, -0.15) is 4.98 Å². The Morgan fingerprint density at radius 2 is 2.06 bits per heavy atom. The van der Waals surface area contributed by atoms with Crippen LogP contribution in [0.1, 0.15) is 31.4 Å². The van der Waals surface area contributed by atoms with Crippen molar-refractivity contribution < 1.29 is 4.92 Å². The number of aryl methyl sites for hydroxylation is 1. The van der Waals surface area contributed by atoms with E-state index < -0.39 is 4.92 Å². The standard InChI is InChI=1S/C10H14N4O2S/c1-6-8(14(15)16)9(13-10(11)12-6)17-7-4-2-3-5-7/h7H,2-5H2,1H3,(H2,11,12,13). The second-order valence-electron chi connectivity index (χ2n) is 4.10. The smallest absolute Gasteiger partial charge is 0.322 e. The highest BCUT2D eigenvalue weighted by Gasteiger charge is 2.26. The van der Waals surface area contributed by atoms with Crippen LogP contribution in [0.4, 0.5) is 11.6 Å². The molecule has 0 radical (unpaired) electrons. The largest absolute Gasteiger partial charge is 0.368 e. The van der Waals surface area contributed by atoms with Crippen molar-refractivity contribution in [3.8, 4) is 0 Å². The molecule has 0 spiro atoms. The van der Waals surface area contributed by atoms with Crippen molar-refractivity contribution in [2.75, 3.05) is 5.73 Å². The maximum atomic E-state index is 11.0. The van der Waals surface area contributed by atoms with E-state index in [-0.39, 0.29) is 11.6 Å². The van der Waals surface area contributed by atoms with Crippen LogP contribution >= 0.6 is 11.8 Å². The third-order valence-corrected chi connectivity index (χ3v) is 4.12. The first-order valence-electron chi connectivity index (χ1n) is 5.53. The molecule has 17 heavy (non-hydrogen) atoms. The summed E-state index contributed by atoms with van der Waals surface area (Å²) in [6, 6.07) is 0. The van der Waals surface area contributed by atoms with Crippen molar-refractivity contribution in [3.05, 3.63) is 15.8 Å². The zero-order valence-corrected chi connectivity index (χ0v) is 10.4. The Kier molecular flexibility index (Phi) is 3.46. The van der Waals surface area contributed by atoms with Crippen LogP contribution in [0.3, 0.4) is 0 Å². The summed E-state index contributed by atoms with van der Waals surface area (Å²) in [5, 5.41) is 11.8. The van der Waals surface area contributed by atoms with E-state index in [2.05, 4.69) is 9.97 Å². The van der Waals surface area contributed by atoms with E-state index in [0.29, 0.717) is 16.0 Å². The molecule has 1 aromatic heterocycles. The number of thioether (sulfide) groups is 1. The molecule has 92 valence electrons. The minimum atomic E-state index is -0.425. The Hall–Kier alpha value is -1.37. The van der Waals surface area contributed by atoms with Crippen LogP contribution in [-0.2, 0) is 0 Å². The number of hydrogen-bond acceptors (Lipinski definition) is 6. The second kappa shape index (κ2) is 4.87. The summed E-state index contributed by atoms with van der Waals surface area (Å²) in [6.07, 6.45) is 4.55. The predicted molar refractivity (Wildman–Crippen MR) is 65.9 cm³/mol. The molecule has 0 atom stereocenters. The van der Waals surface area contributed by atoms with Gasteiger partial charge >= 0.3 is 5.69 Å². The number of anilines is 1. The molecule has 0 amide bonds. The van der Waals surface area contributed by atoms with Crippen molar-refractivity contribution >= 4 is 23.4 Å². The lowest BCUT2D eigenvalue weighted by Crippen LogP contribution is -2.06. The molecule has 0 unspecified atom stereocenters. The number of hydrogen-bond donors (Lipinski definition) is 1. The van der Waals surface area contributed by atoms with Gasteiger partial charge < -0.3 is 5.73 Å². The first-order valence-corrected chi connectivity index (χ1v) is 6.41. The van der Waals surface area contributed by atoms with E-state index in [0.717, 1.165) is 12.8 Å². The van der Waals surface area contributed by atoms with E-state index in [1.54, 1.807) is 6.92 Å². The minimum Gasteiger partial charge on any atom is -0.368 e. The third-order valence-electron chi connectivity index (χ3n) is 2.81. The Balaban J connectivity index is 2.32. The topological polar surface area (TPSA) is 94.9 Å². The van der Waals surface area contributed by atoms with Gasteiger partial charge in [0.2, 0.25) is 5.95 Å². The summed E-state index contributed by atoms with van der Waals surface area (Å²) < 4.78 is 0. The molecule has 0 saturated heterocycles. The molecule has 1 aliphatic carbocycles. The van der Waals surface area contributed by atoms with Crippen molar-refractivity contribution in [3.63, 3.8) is 0 Å². The molecule has 0 aliphatic heterocycles. The van der Waals surface area contributed by atoms with Gasteiger partial charge in [-0.3, -0.25) is 10.1 Å². The highest BCUT2D eigenvalue weighted by Crippen LogP contribution is 2.38. The average Bonchev–Trinajstić information content (AvgIpc) is 2.68. The molecular weight excluding hydrogens is 240 g/mol. The number of rotatable bonds is 3. The van der Waals surface area contributed by atoms with Gasteiger partial charge in [0.05, 0.1) is 4.92 Å². The summed E-state index contributed by atoms with van der Waals surface area (Å²) in [6.45, 7) is 1.59. The van der Waals surface area contributed by atoms with Crippen molar-refractivity contribution in [1.29, 1.82) is 0 Å². The number of nitrogen functional groups attached to an aromatic ring is 1. The molecule has 6 nitrogen and oxygen atoms in total. The molecule has 2 rings (SSSR count). The van der Waals surface area contributed by atoms with Gasteiger partial charge in [0.1, 0.15) is 5.69 Å². The lowest BCUT2D eigenvalue weighted by molar-refractivity contribution is -0.389. The molecule has 2 N–H and O–H groups in total. The van der Waals surface area contributed by atoms with E-state index in [9.17, 15) is 10.1 Å². The molecule has 0 bridgehead atoms. The maximum Gasteiger partial charge on any atom is 0.322 e. The zero-order chi connectivity index (χ0) is 12.4. The fourth-order valence-electron chi connectivity index (χ4n) is 2.02. The van der Waals surface area contributed by atoms with E-state index in [1.165, 1.54) is 24.6 Å². The zero-order valence-electron chi connectivity index (χ0n) is 9.55. The molecule has 0 aromatic carbocycles. The Morgan fingerprint density at radius 3 is 2.65 bits per heavy atom. The predicted octanol–water partition coefficient (Wildman–Crippen LogP) is 2.31. The summed E-state index contributed by atoms with van der Waals surface area (Å²) in [5.41, 5.74) is 5.88. The fraction of sp³-hybridized carbons (Fsp3) is 0.600. The van der Waals surface area contributed by atoms with Crippen molar-refractivity contribution in [2.24, 2.45) is 0 Å². The molecule has 1 saturated carbocycles. The van der Waals surface area contributed by atoms with E-state index in [1.807, 2.05) is 0 Å². The molecule has 1 fully saturated rings. The monoisotopic (exact) mass is 254 g/mol. The van der Waals surface area contributed by atoms with Gasteiger partial charge in [-0.1, -0.05) is 24.6 Å². The van der Waals surface area contributed by atoms with Crippen LogP contribution in [0.15, 0.2) is 5.03 Å². The van der Waals surface area contributed by atoms with Crippen molar-refractivity contribution in [2.45, 2.75) is 42.9 Å². The second-order valence-corrected chi connectivity index (χ2v) is 5.39. The van der Waals surface area contributed by atoms with Crippen LogP contribution in [0, 0.1) is 17.0 Å². The number of nitrogens with zero attached hydrogens (tertiary/aromatic N) is 3. The molecule has 1 heterocycles. The SMILES string of the molecule is Cc1nc(N)nc(SC2CCCC2)c1[N+](=O)[O-]. The number of aromatic nitrogens is 2. The lowest BCUT2D eigenvalue weighted by Gasteiger charge is -2.09. The van der Waals surface area contributed by atoms with Crippen molar-refractivity contribution in [1.82, 2.24) is 9.97 Å². The van der Waals surface area contributed by atoms with E-state index in [4.69, 9.17) is 5.73 Å². The quantitative estimate of drug-likeness (QED) is 0.505. The van der Waals surface area contributed by atoms with E-state index >= 15 is 0 Å². The van der Waals surface area contributed by atoms with Gasteiger partial charge in [0.15, 0.2) is 5.03 Å². The van der Waals surface area contributed by atoms with Crippen LogP contribution in [-0.4, -0.2) is 20.1 Å². The van der Waals surface area contributed by atoms with Crippen LogP contribution in [0.25, 0.3) is 0 Å². The number of nitrogens with two attached hydrogens (primary N) is 1. The summed E-state index contributed by atoms with van der Waals surface area (Å²) in [4.78, 5) is 18.4. The summed E-state index contributed by atoms with van der Waals surface area (Å²) in [5.74, 6) is 0.105.